The molecule has 0 bridgehead atoms. The Morgan fingerprint density at radius 1 is 1.10 bits per heavy atom. The third-order valence-corrected chi connectivity index (χ3v) is 3.83. The summed E-state index contributed by atoms with van der Waals surface area (Å²) in [6, 6.07) is 16.1. The Morgan fingerprint density at radius 3 is 2.65 bits per heavy atom. The molecule has 2 aromatic carbocycles. The number of imidazole rings is 1. The lowest BCUT2D eigenvalue weighted by atomic mass is 10.2. The highest BCUT2D eigenvalue weighted by Crippen LogP contribution is 2.22. The van der Waals surface area contributed by atoms with Gasteiger partial charge in [-0.1, -0.05) is 51.8 Å². The fourth-order valence-electron chi connectivity index (χ4n) is 2.11. The van der Waals surface area contributed by atoms with Gasteiger partial charge in [-0.25, -0.2) is 4.98 Å². The van der Waals surface area contributed by atoms with Crippen LogP contribution in [0.5, 0.6) is 0 Å². The summed E-state index contributed by atoms with van der Waals surface area (Å²) in [5, 5.41) is 0.723. The summed E-state index contributed by atoms with van der Waals surface area (Å²) in [5.74, 6) is 0.926. The fraction of sp³-hybridized carbons (Fsp3) is 0.0625. The molecule has 1 heterocycles. The molecule has 0 atom stereocenters. The van der Waals surface area contributed by atoms with Crippen molar-refractivity contribution in [2.75, 3.05) is 0 Å². The summed E-state index contributed by atoms with van der Waals surface area (Å²) in [6.45, 7) is 0.787. The number of aromatic nitrogens is 2. The Hall–Kier alpha value is -1.58. The van der Waals surface area contributed by atoms with Gasteiger partial charge in [0.2, 0.25) is 0 Å². The summed E-state index contributed by atoms with van der Waals surface area (Å²) < 4.78 is 3.21. The molecule has 0 aliphatic heterocycles. The van der Waals surface area contributed by atoms with Crippen LogP contribution in [0.4, 0.5) is 0 Å². The van der Waals surface area contributed by atoms with Crippen LogP contribution in [0.25, 0.3) is 11.4 Å². The molecule has 4 heteroatoms. The zero-order valence-corrected chi connectivity index (χ0v) is 13.0. The Bertz CT molecular complexity index is 719. The molecule has 0 unspecified atom stereocenters. The number of hydrogen-bond acceptors (Lipinski definition) is 1. The lowest BCUT2D eigenvalue weighted by Crippen LogP contribution is -2.00. The summed E-state index contributed by atoms with van der Waals surface area (Å²) in [6.07, 6.45) is 3.80. The Labute approximate surface area is 131 Å². The van der Waals surface area contributed by atoms with Crippen molar-refractivity contribution in [3.05, 3.63) is 76.0 Å². The predicted octanol–water partition coefficient (Wildman–Crippen LogP) is 5.01. The van der Waals surface area contributed by atoms with Crippen molar-refractivity contribution in [2.24, 2.45) is 0 Å². The second kappa shape index (κ2) is 5.81. The normalized spacial score (nSPS) is 10.7. The van der Waals surface area contributed by atoms with Crippen LogP contribution in [-0.4, -0.2) is 9.55 Å². The van der Waals surface area contributed by atoms with E-state index in [4.69, 9.17) is 11.6 Å². The average Bonchev–Trinajstić information content (AvgIpc) is 2.89. The molecule has 0 saturated heterocycles. The average molecular weight is 348 g/mol. The molecule has 2 nitrogen and oxygen atoms in total. The van der Waals surface area contributed by atoms with E-state index in [9.17, 15) is 0 Å². The van der Waals surface area contributed by atoms with Crippen molar-refractivity contribution in [1.29, 1.82) is 0 Å². The Kier molecular flexibility index (Phi) is 3.90. The molecule has 3 aromatic rings. The van der Waals surface area contributed by atoms with Gasteiger partial charge in [-0.2, -0.15) is 0 Å². The molecule has 0 saturated carbocycles. The standard InChI is InChI=1S/C16H12BrClN2/c17-14-6-4-12(5-7-14)11-20-9-8-19-16(20)13-2-1-3-15(18)10-13/h1-10H,11H2. The maximum absolute atomic E-state index is 6.05. The first-order valence-electron chi connectivity index (χ1n) is 6.24. The molecule has 0 radical (unpaired) electrons. The molecule has 0 aliphatic rings. The maximum Gasteiger partial charge on any atom is 0.140 e. The number of nitrogens with zero attached hydrogens (tertiary/aromatic N) is 2. The minimum atomic E-state index is 0.723. The highest BCUT2D eigenvalue weighted by Gasteiger charge is 2.06. The van der Waals surface area contributed by atoms with E-state index < -0.39 is 0 Å². The zero-order valence-electron chi connectivity index (χ0n) is 10.6. The molecular weight excluding hydrogens is 336 g/mol. The van der Waals surface area contributed by atoms with E-state index in [0.717, 1.165) is 27.4 Å². The minimum absolute atomic E-state index is 0.723. The van der Waals surface area contributed by atoms with Crippen LogP contribution in [0.2, 0.25) is 5.02 Å². The monoisotopic (exact) mass is 346 g/mol. The summed E-state index contributed by atoms with van der Waals surface area (Å²) in [4.78, 5) is 4.44. The smallest absolute Gasteiger partial charge is 0.140 e. The van der Waals surface area contributed by atoms with Gasteiger partial charge >= 0.3 is 0 Å². The molecule has 0 N–H and O–H groups in total. The number of rotatable bonds is 3. The second-order valence-electron chi connectivity index (χ2n) is 4.52. The predicted molar refractivity (Wildman–Crippen MR) is 85.9 cm³/mol. The van der Waals surface area contributed by atoms with Crippen LogP contribution < -0.4 is 0 Å². The number of hydrogen-bond donors (Lipinski definition) is 0. The molecule has 0 amide bonds. The van der Waals surface area contributed by atoms with Crippen LogP contribution in [-0.2, 0) is 6.54 Å². The van der Waals surface area contributed by atoms with Crippen LogP contribution in [0.1, 0.15) is 5.56 Å². The van der Waals surface area contributed by atoms with Crippen molar-refractivity contribution in [2.45, 2.75) is 6.54 Å². The van der Waals surface area contributed by atoms with E-state index in [2.05, 4.69) is 37.6 Å². The second-order valence-corrected chi connectivity index (χ2v) is 5.87. The molecule has 1 aromatic heterocycles. The quantitative estimate of drug-likeness (QED) is 0.651. The first kappa shape index (κ1) is 13.4. The molecule has 0 fully saturated rings. The van der Waals surface area contributed by atoms with Gasteiger partial charge in [0.15, 0.2) is 0 Å². The Morgan fingerprint density at radius 2 is 1.90 bits per heavy atom. The zero-order chi connectivity index (χ0) is 13.9. The third kappa shape index (κ3) is 2.94. The first-order valence-corrected chi connectivity index (χ1v) is 7.41. The fourth-order valence-corrected chi connectivity index (χ4v) is 2.57. The molecule has 0 aliphatic carbocycles. The van der Waals surface area contributed by atoms with Crippen molar-refractivity contribution < 1.29 is 0 Å². The van der Waals surface area contributed by atoms with Gasteiger partial charge in [0.25, 0.3) is 0 Å². The van der Waals surface area contributed by atoms with Gasteiger partial charge in [-0.05, 0) is 29.8 Å². The van der Waals surface area contributed by atoms with Crippen LogP contribution in [0.15, 0.2) is 65.4 Å². The van der Waals surface area contributed by atoms with Crippen LogP contribution in [0, 0.1) is 0 Å². The molecule has 3 rings (SSSR count). The number of benzene rings is 2. The van der Waals surface area contributed by atoms with Gasteiger partial charge in [0.05, 0.1) is 0 Å². The Balaban J connectivity index is 1.92. The molecular formula is C16H12BrClN2. The van der Waals surface area contributed by atoms with E-state index in [1.807, 2.05) is 48.8 Å². The van der Waals surface area contributed by atoms with Crippen LogP contribution >= 0.6 is 27.5 Å². The van der Waals surface area contributed by atoms with Crippen molar-refractivity contribution in [3.8, 4) is 11.4 Å². The van der Waals surface area contributed by atoms with Crippen LogP contribution in [0.3, 0.4) is 0 Å². The molecule has 20 heavy (non-hydrogen) atoms. The van der Waals surface area contributed by atoms with Crippen molar-refractivity contribution in [3.63, 3.8) is 0 Å². The van der Waals surface area contributed by atoms with Gasteiger partial charge < -0.3 is 4.57 Å². The summed E-state index contributed by atoms with van der Waals surface area (Å²) >= 11 is 9.50. The van der Waals surface area contributed by atoms with E-state index in [1.54, 1.807) is 0 Å². The van der Waals surface area contributed by atoms with Gasteiger partial charge in [0.1, 0.15) is 5.82 Å². The van der Waals surface area contributed by atoms with Gasteiger partial charge in [-0.15, -0.1) is 0 Å². The van der Waals surface area contributed by atoms with E-state index in [1.165, 1.54) is 5.56 Å². The lowest BCUT2D eigenvalue weighted by Gasteiger charge is -2.08. The number of halogens is 2. The highest BCUT2D eigenvalue weighted by atomic mass is 79.9. The van der Waals surface area contributed by atoms with Crippen molar-refractivity contribution in [1.82, 2.24) is 9.55 Å². The lowest BCUT2D eigenvalue weighted by molar-refractivity contribution is 0.807. The van der Waals surface area contributed by atoms with Gasteiger partial charge in [0, 0.05) is 34.0 Å². The topological polar surface area (TPSA) is 17.8 Å². The largest absolute Gasteiger partial charge is 0.327 e. The summed E-state index contributed by atoms with van der Waals surface area (Å²) in [7, 11) is 0. The SMILES string of the molecule is Clc1cccc(-c2nccn2Cc2ccc(Br)cc2)c1. The minimum Gasteiger partial charge on any atom is -0.327 e. The summed E-state index contributed by atoms with van der Waals surface area (Å²) in [5.41, 5.74) is 2.26. The van der Waals surface area contributed by atoms with E-state index in [-0.39, 0.29) is 0 Å². The third-order valence-electron chi connectivity index (χ3n) is 3.06. The maximum atomic E-state index is 6.05. The highest BCUT2D eigenvalue weighted by molar-refractivity contribution is 9.10. The molecule has 100 valence electrons. The van der Waals surface area contributed by atoms with E-state index in [0.29, 0.717) is 0 Å². The van der Waals surface area contributed by atoms with E-state index >= 15 is 0 Å². The van der Waals surface area contributed by atoms with Gasteiger partial charge in [-0.3, -0.25) is 0 Å². The first-order chi connectivity index (χ1) is 9.72. The van der Waals surface area contributed by atoms with Crippen molar-refractivity contribution >= 4 is 27.5 Å². The molecule has 0 spiro atoms.